The van der Waals surface area contributed by atoms with Crippen molar-refractivity contribution in [2.75, 3.05) is 39.4 Å². The number of nitrogens with two attached hydrogens (primary N) is 5. The Morgan fingerprint density at radius 2 is 0.878 bits per heavy atom. The number of carbonyl (C=O) groups is 13. The lowest BCUT2D eigenvalue weighted by Crippen LogP contribution is -2.62. The van der Waals surface area contributed by atoms with E-state index in [9.17, 15) is 72.5 Å². The van der Waals surface area contributed by atoms with Crippen molar-refractivity contribution in [1.82, 2.24) is 63.0 Å². The van der Waals surface area contributed by atoms with Crippen molar-refractivity contribution in [3.8, 4) is 0 Å². The van der Waals surface area contributed by atoms with Crippen LogP contribution < -0.4 is 81.8 Å². The number of likely N-dealkylation sites (tertiary alicyclic amines) is 2. The number of nitrogens with one attached hydrogen (secondary N) is 10. The van der Waals surface area contributed by atoms with E-state index in [2.05, 4.69) is 58.2 Å². The van der Waals surface area contributed by atoms with Gasteiger partial charge in [0.05, 0.1) is 19.3 Å². The number of hydrogen-bond acceptors (Lipinski definition) is 18. The van der Waals surface area contributed by atoms with Gasteiger partial charge in [0.1, 0.15) is 72.5 Å². The quantitative estimate of drug-likeness (QED) is 0.0159. The van der Waals surface area contributed by atoms with E-state index in [1.807, 2.05) is 27.7 Å². The predicted octanol–water partition coefficient (Wildman–Crippen LogP) is -3.69. The van der Waals surface area contributed by atoms with Gasteiger partial charge < -0.3 is 102 Å². The molecule has 98 heavy (non-hydrogen) atoms. The SMILES string of the molecule is CCC(C)C(NC(=O)C(CCCN=C(N)N)NC(=O)C(CO)NC(=O)C(N)CCCCN)C(=O)NC(C(=O)N1CCCC1C(=O)NC(C)C(=O)NC(C(=O)N1CCCC1C(=O)NC(C(=O)NC(CO)C(=O)NC(CC(C)C)C(=O)NC(CC(C)C)C(N)=O)C(C)C)C(C)CC)C(C)C. The summed E-state index contributed by atoms with van der Waals surface area (Å²) < 4.78 is 0. The molecule has 0 aromatic carbocycles. The molecule has 0 aromatic heterocycles. The number of rotatable bonds is 43. The van der Waals surface area contributed by atoms with E-state index in [0.29, 0.717) is 45.1 Å². The molecule has 2 aliphatic rings. The zero-order valence-corrected chi connectivity index (χ0v) is 59.8. The fourth-order valence-electron chi connectivity index (χ4n) is 11.4. The molecule has 0 saturated carbocycles. The van der Waals surface area contributed by atoms with Crippen LogP contribution in [0.25, 0.3) is 0 Å². The number of hydrogen-bond donors (Lipinski definition) is 17. The third-order valence-electron chi connectivity index (χ3n) is 17.7. The smallest absolute Gasteiger partial charge is 0.246 e. The maximum absolute atomic E-state index is 14.6. The predicted molar refractivity (Wildman–Crippen MR) is 366 cm³/mol. The normalized spacial score (nSPS) is 18.6. The molecule has 15 atom stereocenters. The largest absolute Gasteiger partial charge is 0.394 e. The number of aliphatic hydroxyl groups is 2. The molecule has 22 N–H and O–H groups in total. The molecular weight excluding hydrogens is 1270 g/mol. The summed E-state index contributed by atoms with van der Waals surface area (Å²) in [4.78, 5) is 186. The maximum Gasteiger partial charge on any atom is 0.246 e. The fraction of sp³-hybridized carbons (Fsp3) is 0.785. The minimum absolute atomic E-state index is 0.00139. The minimum Gasteiger partial charge on any atom is -0.394 e. The van der Waals surface area contributed by atoms with E-state index >= 15 is 0 Å². The van der Waals surface area contributed by atoms with Crippen LogP contribution in [0.15, 0.2) is 4.99 Å². The van der Waals surface area contributed by atoms with Crippen molar-refractivity contribution in [2.45, 2.75) is 252 Å². The second kappa shape index (κ2) is 42.9. The number of guanidine groups is 1. The molecule has 0 aromatic rings. The first kappa shape index (κ1) is 86.3. The van der Waals surface area contributed by atoms with Crippen LogP contribution in [0, 0.1) is 35.5 Å². The number of primary amides is 1. The van der Waals surface area contributed by atoms with E-state index < -0.39 is 192 Å². The van der Waals surface area contributed by atoms with Gasteiger partial charge in [0.2, 0.25) is 76.8 Å². The van der Waals surface area contributed by atoms with E-state index in [1.54, 1.807) is 55.4 Å². The van der Waals surface area contributed by atoms with Crippen LogP contribution >= 0.6 is 0 Å². The highest BCUT2D eigenvalue weighted by Gasteiger charge is 2.44. The topological polar surface area (TPSA) is 532 Å². The Bertz CT molecular complexity index is 2710. The summed E-state index contributed by atoms with van der Waals surface area (Å²) >= 11 is 0. The number of aliphatic hydroxyl groups excluding tert-OH is 2. The lowest BCUT2D eigenvalue weighted by molar-refractivity contribution is -0.144. The van der Waals surface area contributed by atoms with Crippen LogP contribution in [0.1, 0.15) is 173 Å². The molecule has 0 bridgehead atoms. The second-order valence-corrected chi connectivity index (χ2v) is 27.5. The zero-order chi connectivity index (χ0) is 74.4. The molecule has 558 valence electrons. The molecule has 2 fully saturated rings. The van der Waals surface area contributed by atoms with Gasteiger partial charge in [0.25, 0.3) is 0 Å². The molecule has 33 heteroatoms. The zero-order valence-electron chi connectivity index (χ0n) is 59.8. The molecular formula is C65H118N18O15. The van der Waals surface area contributed by atoms with Gasteiger partial charge in [0, 0.05) is 19.6 Å². The van der Waals surface area contributed by atoms with E-state index in [0.717, 1.165) is 0 Å². The molecule has 0 aliphatic carbocycles. The standard InChI is InChI=1S/C65H118N18O15/c1-14-37(11)50(80-55(89)41(22-18-26-71-65(69)70)73-57(91)44(31-84)76-54(88)40(67)21-16-17-25-66)62(96)79-49(36(9)10)63(97)82-27-19-23-46(82)59(93)72-39(13)53(87)81-51(38(12)15-2)64(98)83-28-20-24-47(83)60(94)78-48(35(7)8)61(95)77-45(32-85)58(92)75-43(30-34(5)6)56(90)74-42(52(68)86)29-33(3)4/h33-51,84-85H,14-32,66-67H2,1-13H3,(H2,68,86)(H,72,93)(H,73,91)(H,74,90)(H,75,92)(H,76,88)(H,77,95)(H,78,94)(H,79,96)(H,80,89)(H,81,87)(H4,69,70,71). The summed E-state index contributed by atoms with van der Waals surface area (Å²) in [6.07, 6.45) is 3.82. The first-order valence-corrected chi connectivity index (χ1v) is 34.7. The molecule has 0 spiro atoms. The number of carbonyl (C=O) groups excluding carboxylic acids is 13. The number of aliphatic imine (C=N–C) groups is 1. The lowest BCUT2D eigenvalue weighted by atomic mass is 9.95. The van der Waals surface area contributed by atoms with Crippen molar-refractivity contribution in [3.63, 3.8) is 0 Å². The van der Waals surface area contributed by atoms with Crippen LogP contribution in [0.2, 0.25) is 0 Å². The third kappa shape index (κ3) is 27.5. The van der Waals surface area contributed by atoms with Crippen molar-refractivity contribution in [3.05, 3.63) is 0 Å². The number of nitrogens with zero attached hydrogens (tertiary/aromatic N) is 3. The van der Waals surface area contributed by atoms with Gasteiger partial charge >= 0.3 is 0 Å². The van der Waals surface area contributed by atoms with Gasteiger partial charge in [0.15, 0.2) is 5.96 Å². The molecule has 2 heterocycles. The summed E-state index contributed by atoms with van der Waals surface area (Å²) in [5, 5.41) is 46.8. The summed E-state index contributed by atoms with van der Waals surface area (Å²) in [6.45, 7) is 21.3. The maximum atomic E-state index is 14.6. The summed E-state index contributed by atoms with van der Waals surface area (Å²) in [7, 11) is 0. The Hall–Kier alpha value is -7.78. The Kier molecular flexibility index (Phi) is 37.8. The lowest BCUT2D eigenvalue weighted by Gasteiger charge is -2.34. The van der Waals surface area contributed by atoms with Crippen LogP contribution in [-0.2, 0) is 62.3 Å². The van der Waals surface area contributed by atoms with Gasteiger partial charge in [-0.2, -0.15) is 0 Å². The minimum atomic E-state index is -1.58. The van der Waals surface area contributed by atoms with Gasteiger partial charge in [-0.15, -0.1) is 0 Å². The van der Waals surface area contributed by atoms with Crippen molar-refractivity contribution < 1.29 is 72.5 Å². The first-order chi connectivity index (χ1) is 46.0. The van der Waals surface area contributed by atoms with E-state index in [-0.39, 0.29) is 82.4 Å². The summed E-state index contributed by atoms with van der Waals surface area (Å²) in [5.74, 6) is -12.3. The molecule has 2 saturated heterocycles. The van der Waals surface area contributed by atoms with Gasteiger partial charge in [-0.05, 0) is 113 Å². The highest BCUT2D eigenvalue weighted by molar-refractivity contribution is 6.00. The Labute approximate surface area is 576 Å². The van der Waals surface area contributed by atoms with Crippen LogP contribution in [0.5, 0.6) is 0 Å². The molecule has 15 unspecified atom stereocenters. The van der Waals surface area contributed by atoms with Gasteiger partial charge in [-0.3, -0.25) is 67.3 Å². The molecule has 33 nitrogen and oxygen atoms in total. The van der Waals surface area contributed by atoms with E-state index in [1.165, 1.54) is 16.7 Å². The Morgan fingerprint density at radius 3 is 1.36 bits per heavy atom. The molecule has 13 amide bonds. The number of amides is 13. The highest BCUT2D eigenvalue weighted by atomic mass is 16.3. The highest BCUT2D eigenvalue weighted by Crippen LogP contribution is 2.24. The second-order valence-electron chi connectivity index (χ2n) is 27.5. The van der Waals surface area contributed by atoms with Crippen molar-refractivity contribution >= 4 is 82.8 Å². The number of unbranched alkanes of at least 4 members (excludes halogenated alkanes) is 1. The van der Waals surface area contributed by atoms with Gasteiger partial charge in [-0.1, -0.05) is 102 Å². The van der Waals surface area contributed by atoms with Crippen LogP contribution in [0.4, 0.5) is 0 Å². The van der Waals surface area contributed by atoms with Crippen molar-refractivity contribution in [2.24, 2.45) is 69.2 Å². The average molecular weight is 1390 g/mol. The van der Waals surface area contributed by atoms with Crippen LogP contribution in [-0.4, -0.2) is 221 Å². The Balaban J connectivity index is 2.28. The van der Waals surface area contributed by atoms with Gasteiger partial charge in [-0.25, -0.2) is 0 Å². The Morgan fingerprint density at radius 1 is 0.459 bits per heavy atom. The summed E-state index contributed by atoms with van der Waals surface area (Å²) in [6, 6.07) is -16.1. The van der Waals surface area contributed by atoms with E-state index in [4.69, 9.17) is 28.7 Å². The van der Waals surface area contributed by atoms with Crippen molar-refractivity contribution in [1.29, 1.82) is 0 Å². The summed E-state index contributed by atoms with van der Waals surface area (Å²) in [5.41, 5.74) is 28.1. The van der Waals surface area contributed by atoms with Crippen LogP contribution in [0.3, 0.4) is 0 Å². The molecule has 2 rings (SSSR count). The molecule has 0 radical (unpaired) electrons. The third-order valence-corrected chi connectivity index (χ3v) is 17.7. The first-order valence-electron chi connectivity index (χ1n) is 34.7. The average Bonchev–Trinajstić information content (AvgIpc) is 1.58. The monoisotopic (exact) mass is 1390 g/mol. The molecule has 2 aliphatic heterocycles. The fourth-order valence-corrected chi connectivity index (χ4v) is 11.4.